The molecule has 22 heavy (non-hydrogen) atoms. The zero-order chi connectivity index (χ0) is 16.3. The molecule has 1 aliphatic rings. The van der Waals surface area contributed by atoms with E-state index in [0.717, 1.165) is 0 Å². The fourth-order valence-electron chi connectivity index (χ4n) is 2.05. The van der Waals surface area contributed by atoms with E-state index in [1.807, 2.05) is 0 Å². The largest absolute Gasteiger partial charge is 0.492 e. The van der Waals surface area contributed by atoms with Crippen molar-refractivity contribution in [3.63, 3.8) is 0 Å². The molecular weight excluding hydrogens is 311 g/mol. The molecule has 6 nitrogen and oxygen atoms in total. The van der Waals surface area contributed by atoms with Gasteiger partial charge in [0, 0.05) is 6.54 Å². The van der Waals surface area contributed by atoms with Gasteiger partial charge in [-0.1, -0.05) is 24.4 Å². The molecule has 0 aromatic heterocycles. The van der Waals surface area contributed by atoms with Crippen LogP contribution in [0.25, 0.3) is 0 Å². The number of carbonyl (C=O) groups excluding carboxylic acids is 1. The summed E-state index contributed by atoms with van der Waals surface area (Å²) in [7, 11) is 1.31. The molecule has 0 atom stereocenters. The van der Waals surface area contributed by atoms with Gasteiger partial charge in [-0.2, -0.15) is 0 Å². The van der Waals surface area contributed by atoms with E-state index in [0.29, 0.717) is 11.3 Å². The maximum Gasteiger partial charge on any atom is 0.414 e. The number of anilines is 1. The zero-order valence-electron chi connectivity index (χ0n) is 11.6. The van der Waals surface area contributed by atoms with E-state index >= 15 is 0 Å². The molecule has 0 spiro atoms. The first kappa shape index (κ1) is 15.9. The van der Waals surface area contributed by atoms with E-state index in [2.05, 4.69) is 5.32 Å². The van der Waals surface area contributed by atoms with Gasteiger partial charge in [-0.05, 0) is 18.6 Å². The molecule has 0 unspecified atom stereocenters. The van der Waals surface area contributed by atoms with Crippen LogP contribution in [0.1, 0.15) is 6.42 Å². The van der Waals surface area contributed by atoms with Gasteiger partial charge in [0.25, 0.3) is 5.91 Å². The summed E-state index contributed by atoms with van der Waals surface area (Å²) >= 11 is 5.13. The van der Waals surface area contributed by atoms with E-state index in [1.54, 1.807) is 6.08 Å². The number of rotatable bonds is 3. The van der Waals surface area contributed by atoms with Crippen molar-refractivity contribution in [3.8, 4) is 5.75 Å². The Morgan fingerprint density at radius 3 is 2.86 bits per heavy atom. The summed E-state index contributed by atoms with van der Waals surface area (Å²) in [6, 6.07) is 4.23. The van der Waals surface area contributed by atoms with Crippen LogP contribution in [0, 0.1) is 5.82 Å². The van der Waals surface area contributed by atoms with Crippen LogP contribution in [0.2, 0.25) is 0 Å². The Hall–Kier alpha value is -2.48. The molecule has 0 bridgehead atoms. The van der Waals surface area contributed by atoms with Crippen molar-refractivity contribution < 1.29 is 23.8 Å². The third kappa shape index (κ3) is 3.06. The SMILES string of the molecule is COc1c(F)cccc1NC(=S)C1=CCCN(C(=O)O)C1=O. The van der Waals surface area contributed by atoms with Crippen LogP contribution in [-0.4, -0.2) is 40.6 Å². The van der Waals surface area contributed by atoms with Crippen molar-refractivity contribution >= 4 is 34.9 Å². The molecule has 0 aliphatic carbocycles. The molecule has 1 heterocycles. The number of carboxylic acid groups (broad SMARTS) is 1. The number of methoxy groups -OCH3 is 1. The van der Waals surface area contributed by atoms with E-state index in [-0.39, 0.29) is 28.5 Å². The van der Waals surface area contributed by atoms with Crippen LogP contribution in [0.15, 0.2) is 29.8 Å². The number of amides is 2. The molecule has 2 rings (SSSR count). The highest BCUT2D eigenvalue weighted by atomic mass is 32.1. The van der Waals surface area contributed by atoms with Gasteiger partial charge in [0.1, 0.15) is 4.99 Å². The third-order valence-electron chi connectivity index (χ3n) is 3.07. The van der Waals surface area contributed by atoms with Crippen LogP contribution in [-0.2, 0) is 4.79 Å². The van der Waals surface area contributed by atoms with E-state index in [4.69, 9.17) is 22.1 Å². The van der Waals surface area contributed by atoms with Crippen LogP contribution < -0.4 is 10.1 Å². The molecule has 0 fully saturated rings. The highest BCUT2D eigenvalue weighted by Gasteiger charge is 2.29. The number of carbonyl (C=O) groups is 2. The van der Waals surface area contributed by atoms with Gasteiger partial charge in [0.05, 0.1) is 18.4 Å². The zero-order valence-corrected chi connectivity index (χ0v) is 12.4. The summed E-state index contributed by atoms with van der Waals surface area (Å²) < 4.78 is 18.6. The van der Waals surface area contributed by atoms with Crippen LogP contribution in [0.5, 0.6) is 5.75 Å². The van der Waals surface area contributed by atoms with Crippen molar-refractivity contribution in [1.82, 2.24) is 4.90 Å². The monoisotopic (exact) mass is 324 g/mol. The van der Waals surface area contributed by atoms with Crippen molar-refractivity contribution in [1.29, 1.82) is 0 Å². The lowest BCUT2D eigenvalue weighted by molar-refractivity contribution is -0.125. The fraction of sp³-hybridized carbons (Fsp3) is 0.214. The standard InChI is InChI=1S/C14H13FN2O4S/c1-21-11-9(15)5-2-6-10(11)16-12(22)8-4-3-7-17(13(8)18)14(19)20/h2,4-6H,3,7H2,1H3,(H,16,22)(H,19,20). The van der Waals surface area contributed by atoms with E-state index in [1.165, 1.54) is 25.3 Å². The Morgan fingerprint density at radius 2 is 2.23 bits per heavy atom. The molecular formula is C14H13FN2O4S. The lowest BCUT2D eigenvalue weighted by Gasteiger charge is -2.23. The lowest BCUT2D eigenvalue weighted by atomic mass is 10.1. The second kappa shape index (κ2) is 6.52. The minimum Gasteiger partial charge on any atom is -0.492 e. The minimum atomic E-state index is -1.33. The summed E-state index contributed by atoms with van der Waals surface area (Å²) in [5, 5.41) is 11.7. The first-order chi connectivity index (χ1) is 10.5. The molecule has 2 N–H and O–H groups in total. The molecule has 1 aromatic rings. The van der Waals surface area contributed by atoms with Crippen LogP contribution in [0.4, 0.5) is 14.9 Å². The highest BCUT2D eigenvalue weighted by Crippen LogP contribution is 2.28. The molecule has 0 saturated heterocycles. The molecule has 0 saturated carbocycles. The number of hydrogen-bond acceptors (Lipinski definition) is 4. The topological polar surface area (TPSA) is 78.9 Å². The van der Waals surface area contributed by atoms with Gasteiger partial charge in [0.2, 0.25) is 0 Å². The summed E-state index contributed by atoms with van der Waals surface area (Å²) in [4.78, 5) is 23.7. The third-order valence-corrected chi connectivity index (χ3v) is 3.39. The van der Waals surface area contributed by atoms with Gasteiger partial charge in [-0.25, -0.2) is 14.1 Å². The maximum absolute atomic E-state index is 13.6. The molecule has 2 amide bonds. The van der Waals surface area contributed by atoms with Crippen molar-refractivity contribution in [3.05, 3.63) is 35.7 Å². The number of nitrogens with zero attached hydrogens (tertiary/aromatic N) is 1. The predicted molar refractivity (Wildman–Crippen MR) is 81.6 cm³/mol. The number of halogens is 1. The van der Waals surface area contributed by atoms with Gasteiger partial charge in [-0.15, -0.1) is 0 Å². The summed E-state index contributed by atoms with van der Waals surface area (Å²) in [5.41, 5.74) is 0.323. The first-order valence-electron chi connectivity index (χ1n) is 6.34. The van der Waals surface area contributed by atoms with Crippen molar-refractivity contribution in [2.45, 2.75) is 6.42 Å². The Bertz CT molecular complexity index is 675. The quantitative estimate of drug-likeness (QED) is 0.831. The molecule has 116 valence electrons. The second-order valence-electron chi connectivity index (χ2n) is 4.42. The lowest BCUT2D eigenvalue weighted by Crippen LogP contribution is -2.42. The Morgan fingerprint density at radius 1 is 1.50 bits per heavy atom. The molecule has 1 aliphatic heterocycles. The predicted octanol–water partition coefficient (Wildman–Crippen LogP) is 2.41. The Balaban J connectivity index is 2.23. The number of hydrogen-bond donors (Lipinski definition) is 2. The fourth-order valence-corrected chi connectivity index (χ4v) is 2.33. The van der Waals surface area contributed by atoms with E-state index < -0.39 is 17.8 Å². The van der Waals surface area contributed by atoms with E-state index in [9.17, 15) is 14.0 Å². The van der Waals surface area contributed by atoms with Crippen LogP contribution >= 0.6 is 12.2 Å². The highest BCUT2D eigenvalue weighted by molar-refractivity contribution is 7.81. The average molecular weight is 324 g/mol. The number of thiocarbonyl (C=S) groups is 1. The summed E-state index contributed by atoms with van der Waals surface area (Å²) in [5.74, 6) is -1.32. The average Bonchev–Trinajstić information content (AvgIpc) is 2.47. The van der Waals surface area contributed by atoms with Gasteiger partial charge >= 0.3 is 6.09 Å². The van der Waals surface area contributed by atoms with Gasteiger partial charge < -0.3 is 15.2 Å². The summed E-state index contributed by atoms with van der Waals surface area (Å²) in [6.07, 6.45) is 0.597. The van der Waals surface area contributed by atoms with Gasteiger partial charge in [0.15, 0.2) is 11.6 Å². The van der Waals surface area contributed by atoms with Gasteiger partial charge in [-0.3, -0.25) is 4.79 Å². The number of para-hydroxylation sites is 1. The first-order valence-corrected chi connectivity index (χ1v) is 6.75. The molecule has 8 heteroatoms. The normalized spacial score (nSPS) is 14.4. The number of nitrogens with one attached hydrogen (secondary N) is 1. The number of imide groups is 1. The number of benzene rings is 1. The Kier molecular flexibility index (Phi) is 4.71. The maximum atomic E-state index is 13.6. The smallest absolute Gasteiger partial charge is 0.414 e. The van der Waals surface area contributed by atoms with Crippen molar-refractivity contribution in [2.24, 2.45) is 0 Å². The second-order valence-corrected chi connectivity index (χ2v) is 4.83. The van der Waals surface area contributed by atoms with Crippen molar-refractivity contribution in [2.75, 3.05) is 19.0 Å². The molecule has 1 aromatic carbocycles. The summed E-state index contributed by atoms with van der Waals surface area (Å²) in [6.45, 7) is 0.0869. The minimum absolute atomic E-state index is 0.0138. The van der Waals surface area contributed by atoms with Crippen LogP contribution in [0.3, 0.4) is 0 Å². The molecule has 0 radical (unpaired) electrons. The Labute approximate surface area is 131 Å². The number of ether oxygens (including phenoxy) is 1.